The van der Waals surface area contributed by atoms with E-state index in [4.69, 9.17) is 4.74 Å². The van der Waals surface area contributed by atoms with Crippen molar-refractivity contribution in [2.75, 3.05) is 20.2 Å². The van der Waals surface area contributed by atoms with Crippen molar-refractivity contribution in [2.24, 2.45) is 0 Å². The average molecular weight is 487 g/mol. The Kier molecular flexibility index (Phi) is 6.34. The van der Waals surface area contributed by atoms with Crippen molar-refractivity contribution in [3.05, 3.63) is 51.6 Å². The Hall–Kier alpha value is -1.000. The van der Waals surface area contributed by atoms with Crippen LogP contribution in [0.5, 0.6) is 0 Å². The number of rotatable bonds is 5. The van der Waals surface area contributed by atoms with E-state index in [-0.39, 0.29) is 4.90 Å². The summed E-state index contributed by atoms with van der Waals surface area (Å²) in [5.41, 5.74) is 2.84. The van der Waals surface area contributed by atoms with Gasteiger partial charge in [0, 0.05) is 23.8 Å². The Morgan fingerprint density at radius 3 is 2.42 bits per heavy atom. The van der Waals surface area contributed by atoms with Gasteiger partial charge in [-0.3, -0.25) is 0 Å². The van der Waals surface area contributed by atoms with Gasteiger partial charge in [-0.25, -0.2) is 8.42 Å². The fraction of sp³-hybridized carbons (Fsp3) is 0.368. The lowest BCUT2D eigenvalue weighted by atomic mass is 10.0. The van der Waals surface area contributed by atoms with Crippen LogP contribution in [0.4, 0.5) is 0 Å². The predicted octanol–water partition coefficient (Wildman–Crippen LogP) is 3.25. The average Bonchev–Trinajstić information content (AvgIpc) is 2.63. The summed E-state index contributed by atoms with van der Waals surface area (Å²) >= 11 is 2.26. The van der Waals surface area contributed by atoms with E-state index in [1.165, 1.54) is 4.31 Å². The first-order chi connectivity index (χ1) is 12.4. The largest absolute Gasteiger partial charge is 0.393 e. The fourth-order valence-electron chi connectivity index (χ4n) is 3.15. The molecule has 3 rings (SSSR count). The van der Waals surface area contributed by atoms with Gasteiger partial charge in [0.05, 0.1) is 17.6 Å². The van der Waals surface area contributed by atoms with Crippen molar-refractivity contribution < 1.29 is 18.3 Å². The van der Waals surface area contributed by atoms with Crippen molar-refractivity contribution in [3.63, 3.8) is 0 Å². The number of aliphatic hydroxyl groups excluding tert-OH is 1. The van der Waals surface area contributed by atoms with E-state index in [0.29, 0.717) is 32.5 Å². The number of ether oxygens (including phenoxy) is 1. The summed E-state index contributed by atoms with van der Waals surface area (Å²) in [5, 5.41) is 9.62. The Bertz CT molecular complexity index is 860. The van der Waals surface area contributed by atoms with E-state index in [1.807, 2.05) is 30.3 Å². The van der Waals surface area contributed by atoms with Gasteiger partial charge in [-0.15, -0.1) is 0 Å². The van der Waals surface area contributed by atoms with Gasteiger partial charge in [-0.2, -0.15) is 4.31 Å². The normalized spacial score (nSPS) is 16.7. The molecule has 26 heavy (non-hydrogen) atoms. The lowest BCUT2D eigenvalue weighted by Gasteiger charge is -2.29. The van der Waals surface area contributed by atoms with Crippen molar-refractivity contribution in [3.8, 4) is 11.1 Å². The number of benzene rings is 2. The van der Waals surface area contributed by atoms with Crippen LogP contribution in [0.25, 0.3) is 11.1 Å². The van der Waals surface area contributed by atoms with Crippen molar-refractivity contribution in [1.82, 2.24) is 4.31 Å². The van der Waals surface area contributed by atoms with Crippen LogP contribution < -0.4 is 0 Å². The van der Waals surface area contributed by atoms with Crippen molar-refractivity contribution in [1.29, 1.82) is 0 Å². The van der Waals surface area contributed by atoms with Crippen LogP contribution in [0.15, 0.2) is 47.4 Å². The van der Waals surface area contributed by atoms with E-state index in [0.717, 1.165) is 20.3 Å². The molecule has 1 aliphatic heterocycles. The number of nitrogens with zero attached hydrogens (tertiary/aromatic N) is 1. The molecule has 0 unspecified atom stereocenters. The third kappa shape index (κ3) is 4.28. The van der Waals surface area contributed by atoms with Crippen molar-refractivity contribution in [2.45, 2.75) is 30.4 Å². The molecule has 1 saturated heterocycles. The van der Waals surface area contributed by atoms with E-state index in [2.05, 4.69) is 22.6 Å². The van der Waals surface area contributed by atoms with Gasteiger partial charge in [-0.05, 0) is 76.4 Å². The molecule has 0 aromatic heterocycles. The van der Waals surface area contributed by atoms with E-state index in [9.17, 15) is 13.5 Å². The first-order valence-corrected chi connectivity index (χ1v) is 11.0. The van der Waals surface area contributed by atoms with Crippen LogP contribution in [0.1, 0.15) is 18.4 Å². The van der Waals surface area contributed by atoms with Gasteiger partial charge in [0.2, 0.25) is 10.0 Å². The highest BCUT2D eigenvalue weighted by Crippen LogP contribution is 2.29. The number of aliphatic hydroxyl groups is 1. The minimum Gasteiger partial charge on any atom is -0.393 e. The molecule has 2 aromatic rings. The highest BCUT2D eigenvalue weighted by Gasteiger charge is 2.29. The van der Waals surface area contributed by atoms with E-state index in [1.54, 1.807) is 19.2 Å². The Balaban J connectivity index is 1.96. The van der Waals surface area contributed by atoms with E-state index >= 15 is 0 Å². The second kappa shape index (κ2) is 8.35. The maximum Gasteiger partial charge on any atom is 0.243 e. The smallest absolute Gasteiger partial charge is 0.243 e. The highest BCUT2D eigenvalue weighted by atomic mass is 127. The monoisotopic (exact) mass is 487 g/mol. The third-order valence-electron chi connectivity index (χ3n) is 4.59. The number of piperidine rings is 1. The molecule has 2 aromatic carbocycles. The Labute approximate surface area is 168 Å². The van der Waals surface area contributed by atoms with Crippen LogP contribution in [-0.4, -0.2) is 44.1 Å². The van der Waals surface area contributed by atoms with Gasteiger partial charge in [0.1, 0.15) is 0 Å². The number of hydrogen-bond acceptors (Lipinski definition) is 4. The predicted molar refractivity (Wildman–Crippen MR) is 109 cm³/mol. The van der Waals surface area contributed by atoms with Crippen molar-refractivity contribution >= 4 is 32.6 Å². The maximum absolute atomic E-state index is 12.9. The number of sulfonamides is 1. The second-order valence-corrected chi connectivity index (χ2v) is 9.58. The minimum absolute atomic E-state index is 0.273. The standard InChI is InChI=1S/C19H22INO4S/c1-25-13-15-12-18(26(23,24)21-10-8-17(22)9-11-21)6-7-19(15)14-2-4-16(20)5-3-14/h2-7,12,17,22H,8-11,13H2,1H3. The zero-order valence-electron chi connectivity index (χ0n) is 14.6. The van der Waals surface area contributed by atoms with Crippen LogP contribution in [-0.2, 0) is 21.4 Å². The molecule has 1 aliphatic rings. The zero-order valence-corrected chi connectivity index (χ0v) is 17.5. The quantitative estimate of drug-likeness (QED) is 0.658. The zero-order chi connectivity index (χ0) is 18.7. The molecule has 1 heterocycles. The summed E-state index contributed by atoms with van der Waals surface area (Å²) in [6.07, 6.45) is 0.546. The van der Waals surface area contributed by atoms with Crippen LogP contribution in [0.3, 0.4) is 0 Å². The summed E-state index contributed by atoms with van der Waals surface area (Å²) in [6, 6.07) is 13.3. The molecule has 0 spiro atoms. The minimum atomic E-state index is -3.57. The molecule has 1 N–H and O–H groups in total. The molecule has 0 atom stereocenters. The SMILES string of the molecule is COCc1cc(S(=O)(=O)N2CCC(O)CC2)ccc1-c1ccc(I)cc1. The van der Waals surface area contributed by atoms with Gasteiger partial charge >= 0.3 is 0 Å². The summed E-state index contributed by atoms with van der Waals surface area (Å²) in [6.45, 7) is 1.04. The maximum atomic E-state index is 12.9. The molecule has 1 fully saturated rings. The molecule has 7 heteroatoms. The van der Waals surface area contributed by atoms with Gasteiger partial charge < -0.3 is 9.84 Å². The lowest BCUT2D eigenvalue weighted by Crippen LogP contribution is -2.40. The molecule has 140 valence electrons. The summed E-state index contributed by atoms with van der Waals surface area (Å²) < 4.78 is 33.8. The van der Waals surface area contributed by atoms with E-state index < -0.39 is 16.1 Å². The molecule has 0 aliphatic carbocycles. The molecule has 0 bridgehead atoms. The molecular formula is C19H22INO4S. The molecule has 0 radical (unpaired) electrons. The highest BCUT2D eigenvalue weighted by molar-refractivity contribution is 14.1. The van der Waals surface area contributed by atoms with Crippen LogP contribution in [0, 0.1) is 3.57 Å². The molecule has 0 amide bonds. The first kappa shape index (κ1) is 19.8. The van der Waals surface area contributed by atoms with Crippen LogP contribution >= 0.6 is 22.6 Å². The number of methoxy groups -OCH3 is 1. The summed E-state index contributed by atoms with van der Waals surface area (Å²) in [5.74, 6) is 0. The number of halogens is 1. The second-order valence-electron chi connectivity index (χ2n) is 6.39. The van der Waals surface area contributed by atoms with Crippen LogP contribution in [0.2, 0.25) is 0 Å². The summed E-state index contributed by atoms with van der Waals surface area (Å²) in [4.78, 5) is 0.273. The lowest BCUT2D eigenvalue weighted by molar-refractivity contribution is 0.113. The first-order valence-electron chi connectivity index (χ1n) is 8.48. The van der Waals surface area contributed by atoms with Gasteiger partial charge in [0.25, 0.3) is 0 Å². The molecular weight excluding hydrogens is 465 g/mol. The Morgan fingerprint density at radius 1 is 1.15 bits per heavy atom. The molecule has 5 nitrogen and oxygen atoms in total. The fourth-order valence-corrected chi connectivity index (χ4v) is 5.03. The third-order valence-corrected chi connectivity index (χ3v) is 7.21. The van der Waals surface area contributed by atoms with Gasteiger partial charge in [-0.1, -0.05) is 18.2 Å². The topological polar surface area (TPSA) is 66.8 Å². The summed E-state index contributed by atoms with van der Waals surface area (Å²) in [7, 11) is -1.96. The Morgan fingerprint density at radius 2 is 1.81 bits per heavy atom. The number of hydrogen-bond donors (Lipinski definition) is 1. The molecule has 0 saturated carbocycles. The van der Waals surface area contributed by atoms with Gasteiger partial charge in [0.15, 0.2) is 0 Å².